The molecule has 0 aliphatic heterocycles. The van der Waals surface area contributed by atoms with E-state index < -0.39 is 0 Å². The summed E-state index contributed by atoms with van der Waals surface area (Å²) < 4.78 is 0. The average molecular weight is 221 g/mol. The minimum absolute atomic E-state index is 0.213. The van der Waals surface area contributed by atoms with Crippen LogP contribution < -0.4 is 5.32 Å². The molecule has 0 aliphatic carbocycles. The maximum absolute atomic E-state index is 9.17. The normalized spacial score (nSPS) is 13.1. The minimum Gasteiger partial charge on any atom is -0.395 e. The quantitative estimate of drug-likeness (QED) is 0.771. The second kappa shape index (κ2) is 6.66. The zero-order valence-corrected chi connectivity index (χ0v) is 10.5. The highest BCUT2D eigenvalue weighted by molar-refractivity contribution is 5.21. The van der Waals surface area contributed by atoms with Crippen LogP contribution in [0.15, 0.2) is 24.3 Å². The van der Waals surface area contributed by atoms with E-state index >= 15 is 0 Å². The Morgan fingerprint density at radius 3 is 2.31 bits per heavy atom. The van der Waals surface area contributed by atoms with Gasteiger partial charge in [0.1, 0.15) is 0 Å². The van der Waals surface area contributed by atoms with Crippen molar-refractivity contribution in [2.75, 3.05) is 13.2 Å². The molecule has 0 amide bonds. The van der Waals surface area contributed by atoms with Crippen LogP contribution in [0.5, 0.6) is 0 Å². The Kier molecular flexibility index (Phi) is 5.50. The SMILES string of the molecule is Cc1ccc(CCN[C@H](CO)C(C)C)cc1. The van der Waals surface area contributed by atoms with Gasteiger partial charge in [0.15, 0.2) is 0 Å². The molecule has 16 heavy (non-hydrogen) atoms. The van der Waals surface area contributed by atoms with E-state index in [-0.39, 0.29) is 12.6 Å². The number of benzene rings is 1. The standard InChI is InChI=1S/C14H23NO/c1-11(2)14(10-16)15-9-8-13-6-4-12(3)5-7-13/h4-7,11,14-16H,8-10H2,1-3H3/t14-/m1/s1. The summed E-state index contributed by atoms with van der Waals surface area (Å²) in [4.78, 5) is 0. The van der Waals surface area contributed by atoms with E-state index in [9.17, 15) is 0 Å². The van der Waals surface area contributed by atoms with E-state index in [4.69, 9.17) is 5.11 Å². The van der Waals surface area contributed by atoms with Gasteiger partial charge in [-0.15, -0.1) is 0 Å². The molecule has 2 nitrogen and oxygen atoms in total. The van der Waals surface area contributed by atoms with Gasteiger partial charge in [0.2, 0.25) is 0 Å². The Labute approximate surface area is 98.7 Å². The molecule has 0 saturated heterocycles. The number of hydrogen-bond acceptors (Lipinski definition) is 2. The summed E-state index contributed by atoms with van der Waals surface area (Å²) in [7, 11) is 0. The van der Waals surface area contributed by atoms with Crippen molar-refractivity contribution in [2.45, 2.75) is 33.2 Å². The Balaban J connectivity index is 2.32. The fourth-order valence-corrected chi connectivity index (χ4v) is 1.67. The van der Waals surface area contributed by atoms with Crippen molar-refractivity contribution in [1.29, 1.82) is 0 Å². The maximum Gasteiger partial charge on any atom is 0.0587 e. The Hall–Kier alpha value is -0.860. The monoisotopic (exact) mass is 221 g/mol. The maximum atomic E-state index is 9.17. The average Bonchev–Trinajstić information content (AvgIpc) is 2.26. The van der Waals surface area contributed by atoms with Crippen LogP contribution in [0, 0.1) is 12.8 Å². The Morgan fingerprint density at radius 1 is 1.19 bits per heavy atom. The highest BCUT2D eigenvalue weighted by Crippen LogP contribution is 2.04. The molecule has 2 heteroatoms. The number of rotatable bonds is 6. The molecule has 0 radical (unpaired) electrons. The van der Waals surface area contributed by atoms with Gasteiger partial charge in [0.25, 0.3) is 0 Å². The van der Waals surface area contributed by atoms with Crippen LogP contribution in [0.25, 0.3) is 0 Å². The van der Waals surface area contributed by atoms with Crippen LogP contribution in [0.3, 0.4) is 0 Å². The topological polar surface area (TPSA) is 32.3 Å². The summed E-state index contributed by atoms with van der Waals surface area (Å²) in [6.07, 6.45) is 1.02. The first-order chi connectivity index (χ1) is 7.63. The predicted molar refractivity (Wildman–Crippen MR) is 68.6 cm³/mol. The second-order valence-corrected chi connectivity index (χ2v) is 4.72. The van der Waals surface area contributed by atoms with E-state index in [1.54, 1.807) is 0 Å². The molecule has 1 rings (SSSR count). The summed E-state index contributed by atoms with van der Waals surface area (Å²) in [5.74, 6) is 0.475. The lowest BCUT2D eigenvalue weighted by Crippen LogP contribution is -2.38. The molecular weight excluding hydrogens is 198 g/mol. The fraction of sp³-hybridized carbons (Fsp3) is 0.571. The summed E-state index contributed by atoms with van der Waals surface area (Å²) in [5.41, 5.74) is 2.64. The first-order valence-electron chi connectivity index (χ1n) is 6.03. The Morgan fingerprint density at radius 2 is 1.81 bits per heavy atom. The van der Waals surface area contributed by atoms with Gasteiger partial charge in [-0.3, -0.25) is 0 Å². The first kappa shape index (κ1) is 13.2. The van der Waals surface area contributed by atoms with Gasteiger partial charge in [-0.2, -0.15) is 0 Å². The van der Waals surface area contributed by atoms with Crippen LogP contribution in [0.1, 0.15) is 25.0 Å². The van der Waals surface area contributed by atoms with Gasteiger partial charge in [-0.05, 0) is 31.4 Å². The van der Waals surface area contributed by atoms with Gasteiger partial charge in [-0.1, -0.05) is 43.7 Å². The van der Waals surface area contributed by atoms with Gasteiger partial charge in [0.05, 0.1) is 6.61 Å². The molecule has 0 unspecified atom stereocenters. The lowest BCUT2D eigenvalue weighted by atomic mass is 10.0. The molecule has 0 spiro atoms. The van der Waals surface area contributed by atoms with Crippen molar-refractivity contribution < 1.29 is 5.11 Å². The molecule has 1 atom stereocenters. The molecule has 0 fully saturated rings. The summed E-state index contributed by atoms with van der Waals surface area (Å²) in [6, 6.07) is 8.83. The molecule has 0 heterocycles. The first-order valence-corrected chi connectivity index (χ1v) is 6.03. The van der Waals surface area contributed by atoms with Crippen LogP contribution in [-0.4, -0.2) is 24.3 Å². The van der Waals surface area contributed by atoms with Gasteiger partial charge >= 0.3 is 0 Å². The number of aliphatic hydroxyl groups excluding tert-OH is 1. The molecule has 1 aromatic carbocycles. The third-order valence-corrected chi connectivity index (χ3v) is 2.94. The van der Waals surface area contributed by atoms with Gasteiger partial charge in [-0.25, -0.2) is 0 Å². The van der Waals surface area contributed by atoms with Crippen molar-refractivity contribution in [3.05, 3.63) is 35.4 Å². The summed E-state index contributed by atoms with van der Waals surface area (Å²) in [5, 5.41) is 12.5. The van der Waals surface area contributed by atoms with Crippen LogP contribution in [-0.2, 0) is 6.42 Å². The van der Waals surface area contributed by atoms with Crippen molar-refractivity contribution >= 4 is 0 Å². The van der Waals surface area contributed by atoms with Gasteiger partial charge in [0, 0.05) is 6.04 Å². The van der Waals surface area contributed by atoms with E-state index in [2.05, 4.69) is 50.4 Å². The molecule has 2 N–H and O–H groups in total. The number of aryl methyl sites for hydroxylation is 1. The van der Waals surface area contributed by atoms with Crippen LogP contribution in [0.2, 0.25) is 0 Å². The lowest BCUT2D eigenvalue weighted by Gasteiger charge is -2.19. The molecule has 0 saturated carbocycles. The second-order valence-electron chi connectivity index (χ2n) is 4.72. The van der Waals surface area contributed by atoms with Crippen LogP contribution >= 0.6 is 0 Å². The smallest absolute Gasteiger partial charge is 0.0587 e. The van der Waals surface area contributed by atoms with Crippen molar-refractivity contribution in [2.24, 2.45) is 5.92 Å². The van der Waals surface area contributed by atoms with Crippen LogP contribution in [0.4, 0.5) is 0 Å². The number of hydrogen-bond donors (Lipinski definition) is 2. The van der Waals surface area contributed by atoms with Crippen molar-refractivity contribution in [3.63, 3.8) is 0 Å². The highest BCUT2D eigenvalue weighted by atomic mass is 16.3. The third kappa shape index (κ3) is 4.33. The zero-order valence-electron chi connectivity index (χ0n) is 10.5. The van der Waals surface area contributed by atoms with E-state index in [0.717, 1.165) is 13.0 Å². The molecule has 0 aromatic heterocycles. The fourth-order valence-electron chi connectivity index (χ4n) is 1.67. The van der Waals surface area contributed by atoms with E-state index in [0.29, 0.717) is 5.92 Å². The number of nitrogens with one attached hydrogen (secondary N) is 1. The molecule has 0 bridgehead atoms. The summed E-state index contributed by atoms with van der Waals surface area (Å²) >= 11 is 0. The van der Waals surface area contributed by atoms with E-state index in [1.165, 1.54) is 11.1 Å². The largest absolute Gasteiger partial charge is 0.395 e. The van der Waals surface area contributed by atoms with Crippen molar-refractivity contribution in [1.82, 2.24) is 5.32 Å². The third-order valence-electron chi connectivity index (χ3n) is 2.94. The lowest BCUT2D eigenvalue weighted by molar-refractivity contribution is 0.212. The minimum atomic E-state index is 0.213. The summed E-state index contributed by atoms with van der Waals surface area (Å²) in [6.45, 7) is 7.49. The molecule has 0 aliphatic rings. The molecular formula is C14H23NO. The van der Waals surface area contributed by atoms with Crippen molar-refractivity contribution in [3.8, 4) is 0 Å². The zero-order chi connectivity index (χ0) is 12.0. The molecule has 1 aromatic rings. The molecule has 90 valence electrons. The predicted octanol–water partition coefficient (Wildman–Crippen LogP) is 2.14. The highest BCUT2D eigenvalue weighted by Gasteiger charge is 2.10. The Bertz CT molecular complexity index is 292. The number of aliphatic hydroxyl groups is 1. The van der Waals surface area contributed by atoms with E-state index in [1.807, 2.05) is 0 Å². The van der Waals surface area contributed by atoms with Gasteiger partial charge < -0.3 is 10.4 Å².